The minimum absolute atomic E-state index is 0.0615. The Morgan fingerprint density at radius 2 is 1.70 bits per heavy atom. The van der Waals surface area contributed by atoms with Crippen LogP contribution in [0.2, 0.25) is 0 Å². The summed E-state index contributed by atoms with van der Waals surface area (Å²) >= 11 is 1.49. The molecule has 1 atom stereocenters. The number of nitrogens with zero attached hydrogens (tertiary/aromatic N) is 1. The van der Waals surface area contributed by atoms with Crippen molar-refractivity contribution >= 4 is 23.0 Å². The third-order valence-corrected chi connectivity index (χ3v) is 6.46. The van der Waals surface area contributed by atoms with Crippen LogP contribution in [0.25, 0.3) is 0 Å². The zero-order valence-electron chi connectivity index (χ0n) is 16.8. The molecule has 4 nitrogen and oxygen atoms in total. The number of ketones is 1. The fourth-order valence-corrected chi connectivity index (χ4v) is 4.60. The van der Waals surface area contributed by atoms with Gasteiger partial charge in [-0.05, 0) is 30.5 Å². The highest BCUT2D eigenvalue weighted by Gasteiger charge is 2.28. The van der Waals surface area contributed by atoms with Crippen molar-refractivity contribution in [1.29, 1.82) is 0 Å². The molecule has 1 unspecified atom stereocenters. The molecule has 0 bridgehead atoms. The van der Waals surface area contributed by atoms with E-state index in [4.69, 9.17) is 4.74 Å². The molecule has 2 aromatic carbocycles. The van der Waals surface area contributed by atoms with Gasteiger partial charge in [-0.2, -0.15) is 0 Å². The van der Waals surface area contributed by atoms with E-state index in [1.165, 1.54) is 11.3 Å². The SMILES string of the molecule is O=C(CCc1ccc(C(=O)N2CCC(OCc3ccccc3)C2)s1)c1ccccc1. The first-order valence-corrected chi connectivity index (χ1v) is 11.1. The molecule has 1 fully saturated rings. The number of benzene rings is 2. The lowest BCUT2D eigenvalue weighted by molar-refractivity contribution is 0.0438. The highest BCUT2D eigenvalue weighted by atomic mass is 32.1. The van der Waals surface area contributed by atoms with Crippen LogP contribution in [0.5, 0.6) is 0 Å². The number of Topliss-reactive ketones (excluding diaryl/α,β-unsaturated/α-hetero) is 1. The van der Waals surface area contributed by atoms with Gasteiger partial charge < -0.3 is 9.64 Å². The Bertz CT molecular complexity index is 984. The Morgan fingerprint density at radius 1 is 0.967 bits per heavy atom. The van der Waals surface area contributed by atoms with Crippen molar-refractivity contribution in [3.05, 3.63) is 93.7 Å². The molecular weight excluding hydrogens is 394 g/mol. The third-order valence-electron chi connectivity index (χ3n) is 5.33. The largest absolute Gasteiger partial charge is 0.372 e. The maximum absolute atomic E-state index is 12.9. The van der Waals surface area contributed by atoms with Crippen molar-refractivity contribution in [2.75, 3.05) is 13.1 Å². The summed E-state index contributed by atoms with van der Waals surface area (Å²) in [4.78, 5) is 28.8. The predicted octanol–water partition coefficient (Wildman–Crippen LogP) is 4.99. The van der Waals surface area contributed by atoms with E-state index >= 15 is 0 Å². The summed E-state index contributed by atoms with van der Waals surface area (Å²) in [6.07, 6.45) is 2.06. The number of carbonyl (C=O) groups excluding carboxylic acids is 2. The average molecular weight is 420 g/mol. The molecule has 0 aliphatic carbocycles. The first kappa shape index (κ1) is 20.5. The third kappa shape index (κ3) is 5.23. The molecule has 0 spiro atoms. The molecule has 0 radical (unpaired) electrons. The molecule has 30 heavy (non-hydrogen) atoms. The smallest absolute Gasteiger partial charge is 0.264 e. The van der Waals surface area contributed by atoms with Crippen LogP contribution < -0.4 is 0 Å². The molecule has 5 heteroatoms. The molecule has 0 N–H and O–H groups in total. The standard InChI is InChI=1S/C25H25NO3S/c27-23(20-9-5-2-6-10-20)13-11-22-12-14-24(30-22)25(28)26-16-15-21(17-26)29-18-19-7-3-1-4-8-19/h1-10,12,14,21H,11,13,15-18H2. The van der Waals surface area contributed by atoms with Gasteiger partial charge in [-0.25, -0.2) is 0 Å². The highest BCUT2D eigenvalue weighted by Crippen LogP contribution is 2.23. The minimum Gasteiger partial charge on any atom is -0.372 e. The summed E-state index contributed by atoms with van der Waals surface area (Å²) in [5, 5.41) is 0. The lowest BCUT2D eigenvalue weighted by Gasteiger charge is -2.16. The maximum Gasteiger partial charge on any atom is 0.264 e. The number of rotatable bonds is 8. The van der Waals surface area contributed by atoms with E-state index in [1.807, 2.05) is 77.7 Å². The van der Waals surface area contributed by atoms with Crippen LogP contribution in [0, 0.1) is 0 Å². The number of carbonyl (C=O) groups is 2. The Labute approximate surface area is 181 Å². The molecule has 1 amide bonds. The monoisotopic (exact) mass is 419 g/mol. The first-order valence-electron chi connectivity index (χ1n) is 10.3. The van der Waals surface area contributed by atoms with Gasteiger partial charge in [0.1, 0.15) is 0 Å². The highest BCUT2D eigenvalue weighted by molar-refractivity contribution is 7.14. The summed E-state index contributed by atoms with van der Waals surface area (Å²) < 4.78 is 5.99. The van der Waals surface area contributed by atoms with Gasteiger partial charge >= 0.3 is 0 Å². The molecule has 0 saturated carbocycles. The van der Waals surface area contributed by atoms with Gasteiger partial charge in [0, 0.05) is 30.0 Å². The van der Waals surface area contributed by atoms with Gasteiger partial charge in [-0.3, -0.25) is 9.59 Å². The second-order valence-corrected chi connectivity index (χ2v) is 8.68. The van der Waals surface area contributed by atoms with E-state index < -0.39 is 0 Å². The Morgan fingerprint density at radius 3 is 2.47 bits per heavy atom. The molecule has 4 rings (SSSR count). The van der Waals surface area contributed by atoms with Crippen LogP contribution in [-0.2, 0) is 17.8 Å². The number of ether oxygens (including phenoxy) is 1. The van der Waals surface area contributed by atoms with Gasteiger partial charge in [0.25, 0.3) is 5.91 Å². The van der Waals surface area contributed by atoms with Crippen LogP contribution in [0.15, 0.2) is 72.8 Å². The molecular formula is C25H25NO3S. The topological polar surface area (TPSA) is 46.6 Å². The van der Waals surface area contributed by atoms with Crippen LogP contribution in [0.1, 0.15) is 43.3 Å². The second kappa shape index (κ2) is 9.83. The van der Waals surface area contributed by atoms with Crippen molar-refractivity contribution in [1.82, 2.24) is 4.90 Å². The lowest BCUT2D eigenvalue weighted by atomic mass is 10.1. The van der Waals surface area contributed by atoms with Crippen LogP contribution in [0.3, 0.4) is 0 Å². The Balaban J connectivity index is 1.26. The summed E-state index contributed by atoms with van der Waals surface area (Å²) in [6, 6.07) is 23.3. The molecule has 1 aliphatic rings. The van der Waals surface area contributed by atoms with Gasteiger partial charge in [0.05, 0.1) is 17.6 Å². The number of likely N-dealkylation sites (tertiary alicyclic amines) is 1. The average Bonchev–Trinajstić information content (AvgIpc) is 3.47. The fraction of sp³-hybridized carbons (Fsp3) is 0.280. The van der Waals surface area contributed by atoms with Gasteiger partial charge in [-0.15, -0.1) is 11.3 Å². The predicted molar refractivity (Wildman–Crippen MR) is 119 cm³/mol. The van der Waals surface area contributed by atoms with Crippen LogP contribution >= 0.6 is 11.3 Å². The fourth-order valence-electron chi connectivity index (χ4n) is 3.63. The van der Waals surface area contributed by atoms with E-state index in [0.29, 0.717) is 26.0 Å². The Hall–Kier alpha value is -2.76. The minimum atomic E-state index is 0.0615. The molecule has 1 aromatic heterocycles. The van der Waals surface area contributed by atoms with Crippen molar-refractivity contribution in [3.63, 3.8) is 0 Å². The van der Waals surface area contributed by atoms with E-state index in [9.17, 15) is 9.59 Å². The maximum atomic E-state index is 12.9. The van der Waals surface area contributed by atoms with Gasteiger partial charge in [0.15, 0.2) is 5.78 Å². The van der Waals surface area contributed by atoms with Crippen molar-refractivity contribution in [2.24, 2.45) is 0 Å². The van der Waals surface area contributed by atoms with Crippen LogP contribution in [-0.4, -0.2) is 35.8 Å². The van der Waals surface area contributed by atoms with E-state index in [-0.39, 0.29) is 17.8 Å². The Kier molecular flexibility index (Phi) is 6.72. The number of thiophene rings is 1. The molecule has 1 aliphatic heterocycles. The van der Waals surface area contributed by atoms with Crippen LogP contribution in [0.4, 0.5) is 0 Å². The number of hydrogen-bond acceptors (Lipinski definition) is 4. The summed E-state index contributed by atoms with van der Waals surface area (Å²) in [6.45, 7) is 1.93. The second-order valence-electron chi connectivity index (χ2n) is 7.51. The van der Waals surface area contributed by atoms with Gasteiger partial charge in [0.2, 0.25) is 0 Å². The number of hydrogen-bond donors (Lipinski definition) is 0. The normalized spacial score (nSPS) is 16.0. The molecule has 1 saturated heterocycles. The van der Waals surface area contributed by atoms with Crippen molar-refractivity contribution in [3.8, 4) is 0 Å². The number of aryl methyl sites for hydroxylation is 1. The zero-order valence-corrected chi connectivity index (χ0v) is 17.6. The molecule has 3 aromatic rings. The molecule has 2 heterocycles. The summed E-state index contributed by atoms with van der Waals surface area (Å²) in [5.74, 6) is 0.196. The lowest BCUT2D eigenvalue weighted by Crippen LogP contribution is -2.29. The van der Waals surface area contributed by atoms with Gasteiger partial charge in [-0.1, -0.05) is 60.7 Å². The number of amides is 1. The first-order chi connectivity index (χ1) is 14.7. The van der Waals surface area contributed by atoms with Crippen molar-refractivity contribution < 1.29 is 14.3 Å². The van der Waals surface area contributed by atoms with E-state index in [1.54, 1.807) is 0 Å². The van der Waals surface area contributed by atoms with E-state index in [0.717, 1.165) is 33.8 Å². The summed E-state index contributed by atoms with van der Waals surface area (Å²) in [7, 11) is 0. The molecule has 154 valence electrons. The quantitative estimate of drug-likeness (QED) is 0.483. The zero-order chi connectivity index (χ0) is 20.8. The van der Waals surface area contributed by atoms with Crippen molar-refractivity contribution in [2.45, 2.75) is 32.0 Å². The summed E-state index contributed by atoms with van der Waals surface area (Å²) in [5.41, 5.74) is 1.89. The van der Waals surface area contributed by atoms with E-state index in [2.05, 4.69) is 0 Å².